The van der Waals surface area contributed by atoms with Crippen LogP contribution in [0.4, 0.5) is 4.79 Å². The van der Waals surface area contributed by atoms with Gasteiger partial charge in [0.15, 0.2) is 9.84 Å². The highest BCUT2D eigenvalue weighted by Crippen LogP contribution is 2.45. The van der Waals surface area contributed by atoms with Gasteiger partial charge in [0.25, 0.3) is 0 Å². The lowest BCUT2D eigenvalue weighted by molar-refractivity contribution is -0.123. The molecule has 0 saturated carbocycles. The first-order valence-electron chi connectivity index (χ1n) is 13.0. The minimum Gasteiger partial charge on any atom is -0.493 e. The van der Waals surface area contributed by atoms with Gasteiger partial charge in [0.05, 0.1) is 23.1 Å². The highest BCUT2D eigenvalue weighted by Gasteiger charge is 2.45. The average Bonchev–Trinajstić information content (AvgIpc) is 3.33. The first-order chi connectivity index (χ1) is 19.6. The van der Waals surface area contributed by atoms with E-state index in [-0.39, 0.29) is 29.7 Å². The van der Waals surface area contributed by atoms with Crippen LogP contribution in [0.25, 0.3) is 0 Å². The van der Waals surface area contributed by atoms with Crippen molar-refractivity contribution in [3.8, 4) is 5.75 Å². The normalized spacial score (nSPS) is 19.1. The summed E-state index contributed by atoms with van der Waals surface area (Å²) in [6, 6.07) is 17.3. The van der Waals surface area contributed by atoms with Crippen LogP contribution >= 0.6 is 23.2 Å². The second-order valence-electron chi connectivity index (χ2n) is 9.73. The molecule has 2 aliphatic heterocycles. The topological polar surface area (TPSA) is 108 Å². The van der Waals surface area contributed by atoms with Gasteiger partial charge in [0.2, 0.25) is 5.91 Å². The van der Waals surface area contributed by atoms with Crippen LogP contribution < -0.4 is 10.1 Å². The number of benzene rings is 3. The molecule has 2 unspecified atom stereocenters. The van der Waals surface area contributed by atoms with Gasteiger partial charge >= 0.3 is 6.03 Å². The smallest absolute Gasteiger partial charge is 0.326 e. The van der Waals surface area contributed by atoms with Gasteiger partial charge in [-0.05, 0) is 60.5 Å². The Labute approximate surface area is 248 Å². The average molecular weight is 616 g/mol. The Hall–Kier alpha value is -3.60. The lowest BCUT2D eigenvalue weighted by atomic mass is 9.93. The van der Waals surface area contributed by atoms with Crippen LogP contribution in [-0.4, -0.2) is 68.5 Å². The number of urea groups is 1. The Morgan fingerprint density at radius 3 is 2.24 bits per heavy atom. The molecule has 0 aromatic heterocycles. The van der Waals surface area contributed by atoms with E-state index in [2.05, 4.69) is 5.32 Å². The van der Waals surface area contributed by atoms with Crippen LogP contribution in [0.3, 0.4) is 0 Å². The highest BCUT2D eigenvalue weighted by molar-refractivity contribution is 7.90. The zero-order chi connectivity index (χ0) is 29.3. The molecule has 2 aliphatic rings. The van der Waals surface area contributed by atoms with Gasteiger partial charge in [-0.15, -0.1) is 0 Å². The molecule has 1 fully saturated rings. The van der Waals surface area contributed by atoms with Crippen molar-refractivity contribution in [3.05, 3.63) is 93.5 Å². The van der Waals surface area contributed by atoms with Crippen LogP contribution in [0.2, 0.25) is 10.0 Å². The zero-order valence-corrected chi connectivity index (χ0v) is 24.7. The molecule has 3 amide bonds. The van der Waals surface area contributed by atoms with E-state index in [4.69, 9.17) is 32.9 Å². The molecular weight excluding hydrogens is 587 g/mol. The predicted octanol–water partition coefficient (Wildman–Crippen LogP) is 4.89. The number of halogens is 2. The van der Waals surface area contributed by atoms with E-state index >= 15 is 0 Å². The molecule has 1 N–H and O–H groups in total. The van der Waals surface area contributed by atoms with Gasteiger partial charge in [-0.1, -0.05) is 47.5 Å². The summed E-state index contributed by atoms with van der Waals surface area (Å²) < 4.78 is 30.6. The Kier molecular flexibility index (Phi) is 8.26. The van der Waals surface area contributed by atoms with Gasteiger partial charge in [0.1, 0.15) is 24.2 Å². The number of aliphatic imine (C=N–C) groups is 1. The van der Waals surface area contributed by atoms with Gasteiger partial charge in [0, 0.05) is 29.4 Å². The van der Waals surface area contributed by atoms with Crippen LogP contribution in [0.5, 0.6) is 5.75 Å². The number of carbonyl (C=O) groups is 2. The third-order valence-electron chi connectivity index (χ3n) is 6.93. The van der Waals surface area contributed by atoms with Crippen LogP contribution in [-0.2, 0) is 14.6 Å². The van der Waals surface area contributed by atoms with Crippen molar-refractivity contribution in [2.75, 3.05) is 32.5 Å². The molecule has 0 aliphatic carbocycles. The number of sulfone groups is 1. The molecule has 0 radical (unpaired) electrons. The number of hydrogen-bond acceptors (Lipinski definition) is 6. The maximum Gasteiger partial charge on any atom is 0.326 e. The molecular formula is C29H28Cl2N4O5S. The summed E-state index contributed by atoms with van der Waals surface area (Å²) in [6.45, 7) is 2.58. The van der Waals surface area contributed by atoms with Crippen LogP contribution in [0.1, 0.15) is 35.7 Å². The summed E-state index contributed by atoms with van der Waals surface area (Å²) in [5.41, 5.74) is 2.03. The van der Waals surface area contributed by atoms with Crippen molar-refractivity contribution in [3.63, 3.8) is 0 Å². The van der Waals surface area contributed by atoms with Crippen molar-refractivity contribution in [2.45, 2.75) is 23.9 Å². The minimum atomic E-state index is -3.53. The number of amides is 3. The van der Waals surface area contributed by atoms with Gasteiger partial charge in [-0.3, -0.25) is 14.7 Å². The largest absolute Gasteiger partial charge is 0.493 e. The summed E-state index contributed by atoms with van der Waals surface area (Å²) in [5, 5.41) is 3.85. The SMILES string of the molecule is CCOc1cc(S(C)(=O)=O)ccc1C1=NC(c2ccc(Cl)cc2)C(c2ccc(Cl)cc2)N1C(=O)N1CCNC(=O)C1. The van der Waals surface area contributed by atoms with E-state index in [0.717, 1.165) is 17.4 Å². The summed E-state index contributed by atoms with van der Waals surface area (Å²) in [4.78, 5) is 34.8. The van der Waals surface area contributed by atoms with Crippen molar-refractivity contribution in [1.82, 2.24) is 15.1 Å². The number of rotatable bonds is 6. The Balaban J connectivity index is 1.72. The number of nitrogens with one attached hydrogen (secondary N) is 1. The fraction of sp³-hybridized carbons (Fsp3) is 0.276. The second kappa shape index (κ2) is 11.7. The van der Waals surface area contributed by atoms with E-state index in [9.17, 15) is 18.0 Å². The van der Waals surface area contributed by atoms with Gasteiger partial charge < -0.3 is 15.0 Å². The fourth-order valence-corrected chi connectivity index (χ4v) is 5.89. The van der Waals surface area contributed by atoms with Crippen LogP contribution in [0.15, 0.2) is 76.6 Å². The maximum absolute atomic E-state index is 14.3. The molecule has 2 heterocycles. The number of hydrogen-bond donors (Lipinski definition) is 1. The highest BCUT2D eigenvalue weighted by atomic mass is 35.5. The van der Waals surface area contributed by atoms with Crippen molar-refractivity contribution < 1.29 is 22.7 Å². The zero-order valence-electron chi connectivity index (χ0n) is 22.4. The summed E-state index contributed by atoms with van der Waals surface area (Å²) in [5.74, 6) is 0.312. The first-order valence-corrected chi connectivity index (χ1v) is 15.6. The Bertz CT molecular complexity index is 1610. The fourth-order valence-electron chi connectivity index (χ4n) is 5.00. The minimum absolute atomic E-state index is 0.0809. The summed E-state index contributed by atoms with van der Waals surface area (Å²) >= 11 is 12.4. The molecule has 1 saturated heterocycles. The molecule has 214 valence electrons. The lowest BCUT2D eigenvalue weighted by Crippen LogP contribution is -2.55. The predicted molar refractivity (Wildman–Crippen MR) is 157 cm³/mol. The molecule has 5 rings (SSSR count). The quantitative estimate of drug-likeness (QED) is 0.425. The summed E-state index contributed by atoms with van der Waals surface area (Å²) in [6.07, 6.45) is 1.12. The Morgan fingerprint density at radius 2 is 1.66 bits per heavy atom. The van der Waals surface area contributed by atoms with Crippen molar-refractivity contribution >= 4 is 50.8 Å². The lowest BCUT2D eigenvalue weighted by Gasteiger charge is -2.35. The molecule has 12 heteroatoms. The van der Waals surface area contributed by atoms with Crippen molar-refractivity contribution in [1.29, 1.82) is 0 Å². The van der Waals surface area contributed by atoms with Crippen LogP contribution in [0, 0.1) is 0 Å². The molecule has 3 aromatic rings. The van der Waals surface area contributed by atoms with Gasteiger partial charge in [-0.25, -0.2) is 13.2 Å². The standard InChI is InChI=1S/C29H28Cl2N4O5S/c1-3-40-24-16-22(41(2,38)39)12-13-23(24)28-33-26(18-4-8-20(30)9-5-18)27(19-6-10-21(31)11-7-19)35(28)29(37)34-15-14-32-25(36)17-34/h4-13,16,26-27H,3,14-15,17H2,1-2H3,(H,32,36). The molecule has 0 spiro atoms. The number of amidine groups is 1. The molecule has 3 aromatic carbocycles. The van der Waals surface area contributed by atoms with E-state index in [1.165, 1.54) is 17.0 Å². The summed E-state index contributed by atoms with van der Waals surface area (Å²) in [7, 11) is -3.53. The third kappa shape index (κ3) is 6.05. The monoisotopic (exact) mass is 614 g/mol. The van der Waals surface area contributed by atoms with Gasteiger partial charge in [-0.2, -0.15) is 0 Å². The second-order valence-corrected chi connectivity index (χ2v) is 12.6. The van der Waals surface area contributed by atoms with E-state index < -0.39 is 28.0 Å². The van der Waals surface area contributed by atoms with E-state index in [1.807, 2.05) is 24.3 Å². The maximum atomic E-state index is 14.3. The molecule has 9 nitrogen and oxygen atoms in total. The Morgan fingerprint density at radius 1 is 1.02 bits per heavy atom. The third-order valence-corrected chi connectivity index (χ3v) is 8.54. The molecule has 41 heavy (non-hydrogen) atoms. The van der Waals surface area contributed by atoms with E-state index in [0.29, 0.717) is 34.5 Å². The molecule has 0 bridgehead atoms. The molecule has 2 atom stereocenters. The van der Waals surface area contributed by atoms with E-state index in [1.54, 1.807) is 42.2 Å². The van der Waals surface area contributed by atoms with Crippen molar-refractivity contribution in [2.24, 2.45) is 4.99 Å². The number of piperazine rings is 1. The number of ether oxygens (including phenoxy) is 1. The first kappa shape index (κ1) is 28.9. The number of nitrogens with zero attached hydrogens (tertiary/aromatic N) is 3. The number of carbonyl (C=O) groups excluding carboxylic acids is 2.